The van der Waals surface area contributed by atoms with Crippen LogP contribution >= 0.6 is 0 Å². The lowest BCUT2D eigenvalue weighted by molar-refractivity contribution is 0.0846. The molecule has 2 rings (SSSR count). The minimum atomic E-state index is 0.621. The smallest absolute Gasteiger partial charge is 0.0149 e. The largest absolute Gasteiger partial charge is 0.316 e. The lowest BCUT2D eigenvalue weighted by Crippen LogP contribution is -2.49. The van der Waals surface area contributed by atoms with Gasteiger partial charge in [-0.15, -0.1) is 0 Å². The Morgan fingerprint density at radius 1 is 1.06 bits per heavy atom. The molecular weight excluding hydrogens is 218 g/mol. The van der Waals surface area contributed by atoms with Crippen molar-refractivity contribution in [1.82, 2.24) is 5.32 Å². The van der Waals surface area contributed by atoms with Crippen molar-refractivity contribution >= 4 is 0 Å². The second-order valence-corrected chi connectivity index (χ2v) is 7.37. The van der Waals surface area contributed by atoms with Gasteiger partial charge in [0.05, 0.1) is 0 Å². The lowest BCUT2D eigenvalue weighted by atomic mass is 9.64. The summed E-state index contributed by atoms with van der Waals surface area (Å²) in [7, 11) is 2.21. The molecule has 0 radical (unpaired) electrons. The van der Waals surface area contributed by atoms with Crippen molar-refractivity contribution in [2.75, 3.05) is 7.05 Å². The maximum atomic E-state index is 3.75. The Labute approximate surface area is 114 Å². The normalized spacial score (nSPS) is 37.7. The van der Waals surface area contributed by atoms with Crippen LogP contribution < -0.4 is 5.32 Å². The van der Waals surface area contributed by atoms with Gasteiger partial charge >= 0.3 is 0 Å². The quantitative estimate of drug-likeness (QED) is 0.769. The summed E-state index contributed by atoms with van der Waals surface area (Å²) in [5.74, 6) is 2.79. The summed E-state index contributed by atoms with van der Waals surface area (Å²) in [6.07, 6.45) is 11.6. The van der Waals surface area contributed by atoms with Crippen LogP contribution in [-0.4, -0.2) is 13.1 Å². The number of hydrogen-bond donors (Lipinski definition) is 1. The number of nitrogens with one attached hydrogen (secondary N) is 1. The van der Waals surface area contributed by atoms with Gasteiger partial charge in [-0.25, -0.2) is 0 Å². The van der Waals surface area contributed by atoms with E-state index >= 15 is 0 Å². The van der Waals surface area contributed by atoms with Crippen molar-refractivity contribution in [1.29, 1.82) is 0 Å². The second kappa shape index (κ2) is 5.94. The van der Waals surface area contributed by atoms with E-state index in [9.17, 15) is 0 Å². The van der Waals surface area contributed by atoms with Crippen LogP contribution in [0, 0.1) is 23.2 Å². The molecule has 106 valence electrons. The van der Waals surface area contributed by atoms with Crippen LogP contribution in [0.2, 0.25) is 0 Å². The van der Waals surface area contributed by atoms with Crippen LogP contribution in [0.4, 0.5) is 0 Å². The van der Waals surface area contributed by atoms with Gasteiger partial charge in [-0.05, 0) is 68.7 Å². The van der Waals surface area contributed by atoms with Gasteiger partial charge < -0.3 is 5.32 Å². The summed E-state index contributed by atoms with van der Waals surface area (Å²) >= 11 is 0. The van der Waals surface area contributed by atoms with Gasteiger partial charge in [0.1, 0.15) is 0 Å². The Hall–Kier alpha value is -0.0400. The predicted octanol–water partition coefficient (Wildman–Crippen LogP) is 4.62. The first kappa shape index (κ1) is 14.4. The summed E-state index contributed by atoms with van der Waals surface area (Å²) in [6.45, 7) is 7.34. The average molecular weight is 251 g/mol. The molecule has 2 aliphatic rings. The molecule has 0 bridgehead atoms. The van der Waals surface area contributed by atoms with Gasteiger partial charge in [0.2, 0.25) is 0 Å². The van der Waals surface area contributed by atoms with E-state index in [0.717, 1.165) is 23.8 Å². The molecule has 0 spiro atoms. The fourth-order valence-electron chi connectivity index (χ4n) is 5.29. The minimum Gasteiger partial charge on any atom is -0.316 e. The Balaban J connectivity index is 2.11. The molecule has 0 aromatic heterocycles. The molecule has 3 atom stereocenters. The molecule has 1 nitrogen and oxygen atoms in total. The molecule has 0 aromatic carbocycles. The highest BCUT2D eigenvalue weighted by Crippen LogP contribution is 2.49. The van der Waals surface area contributed by atoms with Crippen LogP contribution in [0.1, 0.15) is 72.1 Å². The van der Waals surface area contributed by atoms with Crippen LogP contribution in [-0.2, 0) is 0 Å². The summed E-state index contributed by atoms with van der Waals surface area (Å²) in [5.41, 5.74) is 0.621. The zero-order valence-electron chi connectivity index (χ0n) is 13.0. The molecule has 0 aliphatic heterocycles. The van der Waals surface area contributed by atoms with Gasteiger partial charge in [-0.2, -0.15) is 0 Å². The zero-order chi connectivity index (χ0) is 13.2. The fourth-order valence-corrected chi connectivity index (χ4v) is 5.29. The molecule has 3 unspecified atom stereocenters. The molecule has 2 aliphatic carbocycles. The Bertz CT molecular complexity index is 244. The highest BCUT2D eigenvalue weighted by Gasteiger charge is 2.44. The SMILES string of the molecule is CCC1(C(NC)C2CC(C)CC(C)C2)CCCC1. The molecular formula is C17H33N. The van der Waals surface area contributed by atoms with Crippen LogP contribution in [0.3, 0.4) is 0 Å². The van der Waals surface area contributed by atoms with Crippen molar-refractivity contribution < 1.29 is 0 Å². The van der Waals surface area contributed by atoms with Gasteiger partial charge in [0, 0.05) is 6.04 Å². The highest BCUT2D eigenvalue weighted by atomic mass is 14.9. The maximum Gasteiger partial charge on any atom is 0.0149 e. The van der Waals surface area contributed by atoms with Crippen LogP contribution in [0.25, 0.3) is 0 Å². The average Bonchev–Trinajstić information content (AvgIpc) is 2.78. The monoisotopic (exact) mass is 251 g/mol. The van der Waals surface area contributed by atoms with Crippen molar-refractivity contribution in [3.8, 4) is 0 Å². The number of hydrogen-bond acceptors (Lipinski definition) is 1. The van der Waals surface area contributed by atoms with Gasteiger partial charge in [0.25, 0.3) is 0 Å². The third kappa shape index (κ3) is 2.76. The number of rotatable bonds is 4. The predicted molar refractivity (Wildman–Crippen MR) is 79.7 cm³/mol. The van der Waals surface area contributed by atoms with E-state index in [0.29, 0.717) is 5.41 Å². The fraction of sp³-hybridized carbons (Fsp3) is 1.00. The van der Waals surface area contributed by atoms with Crippen molar-refractivity contribution in [3.63, 3.8) is 0 Å². The van der Waals surface area contributed by atoms with E-state index < -0.39 is 0 Å². The topological polar surface area (TPSA) is 12.0 Å². The van der Waals surface area contributed by atoms with E-state index in [1.54, 1.807) is 0 Å². The van der Waals surface area contributed by atoms with Crippen LogP contribution in [0.5, 0.6) is 0 Å². The summed E-state index contributed by atoms with van der Waals surface area (Å²) in [4.78, 5) is 0. The van der Waals surface area contributed by atoms with Gasteiger partial charge in [-0.1, -0.05) is 33.6 Å². The molecule has 0 heterocycles. The molecule has 2 fully saturated rings. The molecule has 0 amide bonds. The molecule has 1 N–H and O–H groups in total. The maximum absolute atomic E-state index is 3.75. The molecule has 18 heavy (non-hydrogen) atoms. The first-order chi connectivity index (χ1) is 8.61. The lowest BCUT2D eigenvalue weighted by Gasteiger charge is -2.45. The minimum absolute atomic E-state index is 0.621. The Morgan fingerprint density at radius 2 is 1.61 bits per heavy atom. The van der Waals surface area contributed by atoms with E-state index in [1.165, 1.54) is 51.4 Å². The molecule has 0 aromatic rings. The van der Waals surface area contributed by atoms with E-state index in [1.807, 2.05) is 0 Å². The first-order valence-corrected chi connectivity index (χ1v) is 8.28. The van der Waals surface area contributed by atoms with Crippen molar-refractivity contribution in [2.24, 2.45) is 23.2 Å². The second-order valence-electron chi connectivity index (χ2n) is 7.37. The Kier molecular flexibility index (Phi) is 4.75. The van der Waals surface area contributed by atoms with E-state index in [2.05, 4.69) is 33.1 Å². The summed E-state index contributed by atoms with van der Waals surface area (Å²) < 4.78 is 0. The van der Waals surface area contributed by atoms with Crippen LogP contribution in [0.15, 0.2) is 0 Å². The van der Waals surface area contributed by atoms with Crippen molar-refractivity contribution in [2.45, 2.75) is 78.2 Å². The zero-order valence-corrected chi connectivity index (χ0v) is 13.0. The molecule has 1 heteroatoms. The molecule has 2 saturated carbocycles. The third-order valence-corrected chi connectivity index (χ3v) is 5.96. The standard InChI is InChI=1S/C17H33N/c1-5-17(8-6-7-9-17)16(18-4)15-11-13(2)10-14(3)12-15/h13-16,18H,5-12H2,1-4H3. The molecule has 0 saturated heterocycles. The van der Waals surface area contributed by atoms with Gasteiger partial charge in [0.15, 0.2) is 0 Å². The van der Waals surface area contributed by atoms with E-state index in [4.69, 9.17) is 0 Å². The van der Waals surface area contributed by atoms with E-state index in [-0.39, 0.29) is 0 Å². The highest BCUT2D eigenvalue weighted by molar-refractivity contribution is 4.98. The Morgan fingerprint density at radius 3 is 2.06 bits per heavy atom. The van der Waals surface area contributed by atoms with Gasteiger partial charge in [-0.3, -0.25) is 0 Å². The summed E-state index contributed by atoms with van der Waals surface area (Å²) in [6, 6.07) is 0.773. The first-order valence-electron chi connectivity index (χ1n) is 8.28. The van der Waals surface area contributed by atoms with Crippen molar-refractivity contribution in [3.05, 3.63) is 0 Å². The third-order valence-electron chi connectivity index (χ3n) is 5.96. The summed E-state index contributed by atoms with van der Waals surface area (Å²) in [5, 5.41) is 3.75.